The van der Waals surface area contributed by atoms with Crippen LogP contribution in [0.5, 0.6) is 11.5 Å². The van der Waals surface area contributed by atoms with Gasteiger partial charge in [0.2, 0.25) is 0 Å². The fraction of sp³-hybridized carbons (Fsp3) is 0.333. The van der Waals surface area contributed by atoms with Gasteiger partial charge in [0.25, 0.3) is 0 Å². The highest BCUT2D eigenvalue weighted by Crippen LogP contribution is 2.27. The lowest BCUT2D eigenvalue weighted by molar-refractivity contribution is -0.146. The van der Waals surface area contributed by atoms with Crippen molar-refractivity contribution in [1.82, 2.24) is 10.2 Å². The lowest BCUT2D eigenvalue weighted by atomic mass is 10.1. The number of benzene rings is 2. The summed E-state index contributed by atoms with van der Waals surface area (Å²) in [6, 6.07) is 15.2. The summed E-state index contributed by atoms with van der Waals surface area (Å²) in [7, 11) is 3.16. The van der Waals surface area contributed by atoms with Crippen molar-refractivity contribution in [2.45, 2.75) is 19.9 Å². The average Bonchev–Trinajstić information content (AvgIpc) is 2.71. The number of carbonyl (C=O) groups is 2. The maximum Gasteiger partial charge on any atom is 0.312 e. The Hall–Kier alpha value is -3.02. The second-order valence-corrected chi connectivity index (χ2v) is 6.00. The molecule has 6 nitrogen and oxygen atoms in total. The third-order valence-corrected chi connectivity index (χ3v) is 4.23. The Bertz CT molecular complexity index is 762. The van der Waals surface area contributed by atoms with E-state index >= 15 is 0 Å². The van der Waals surface area contributed by atoms with Crippen LogP contribution in [-0.4, -0.2) is 44.0 Å². The minimum atomic E-state index is -0.590. The molecule has 2 rings (SSSR count). The molecular weight excluding hydrogens is 344 g/mol. The van der Waals surface area contributed by atoms with Crippen LogP contribution in [0, 0.1) is 0 Å². The van der Waals surface area contributed by atoms with E-state index in [0.717, 1.165) is 11.1 Å². The molecule has 2 aromatic rings. The molecule has 0 aliphatic heterocycles. The third kappa shape index (κ3) is 5.74. The van der Waals surface area contributed by atoms with Crippen molar-refractivity contribution in [3.05, 3.63) is 59.7 Å². The van der Waals surface area contributed by atoms with Gasteiger partial charge in [0.1, 0.15) is 0 Å². The number of carbonyl (C=O) groups excluding carboxylic acids is 2. The van der Waals surface area contributed by atoms with Gasteiger partial charge in [0.05, 0.1) is 14.2 Å². The first-order valence-electron chi connectivity index (χ1n) is 8.91. The summed E-state index contributed by atoms with van der Waals surface area (Å²) in [4.78, 5) is 26.1. The Morgan fingerprint density at radius 1 is 0.963 bits per heavy atom. The van der Waals surface area contributed by atoms with Crippen LogP contribution in [0.1, 0.15) is 18.1 Å². The number of ether oxygens (including phenoxy) is 2. The summed E-state index contributed by atoms with van der Waals surface area (Å²) < 4.78 is 10.5. The Labute approximate surface area is 160 Å². The van der Waals surface area contributed by atoms with Crippen molar-refractivity contribution in [2.75, 3.05) is 27.3 Å². The average molecular weight is 370 g/mol. The van der Waals surface area contributed by atoms with Crippen molar-refractivity contribution < 1.29 is 19.1 Å². The molecule has 0 spiro atoms. The van der Waals surface area contributed by atoms with Crippen LogP contribution in [0.2, 0.25) is 0 Å². The molecule has 0 fully saturated rings. The number of likely N-dealkylation sites (N-methyl/N-ethyl adjacent to an activating group) is 1. The number of nitrogens with zero attached hydrogens (tertiary/aromatic N) is 1. The van der Waals surface area contributed by atoms with Gasteiger partial charge in [-0.1, -0.05) is 36.4 Å². The number of rotatable bonds is 8. The molecule has 144 valence electrons. The predicted molar refractivity (Wildman–Crippen MR) is 104 cm³/mol. The molecule has 0 aliphatic carbocycles. The zero-order valence-electron chi connectivity index (χ0n) is 16.0. The second-order valence-electron chi connectivity index (χ2n) is 6.00. The van der Waals surface area contributed by atoms with Crippen LogP contribution in [-0.2, 0) is 22.6 Å². The van der Waals surface area contributed by atoms with E-state index in [-0.39, 0.29) is 0 Å². The summed E-state index contributed by atoms with van der Waals surface area (Å²) in [5.74, 6) is 0.180. The molecule has 0 atom stereocenters. The van der Waals surface area contributed by atoms with Gasteiger partial charge in [-0.25, -0.2) is 0 Å². The van der Waals surface area contributed by atoms with E-state index in [1.165, 1.54) is 4.90 Å². The van der Waals surface area contributed by atoms with E-state index in [1.54, 1.807) is 14.2 Å². The molecule has 0 aliphatic rings. The second kappa shape index (κ2) is 10.2. The van der Waals surface area contributed by atoms with E-state index in [2.05, 4.69) is 5.32 Å². The number of nitrogens with one attached hydrogen (secondary N) is 1. The quantitative estimate of drug-likeness (QED) is 0.725. The predicted octanol–water partition coefficient (Wildman–Crippen LogP) is 2.41. The van der Waals surface area contributed by atoms with Crippen LogP contribution < -0.4 is 14.8 Å². The van der Waals surface area contributed by atoms with Gasteiger partial charge in [-0.3, -0.25) is 9.59 Å². The fourth-order valence-corrected chi connectivity index (χ4v) is 2.71. The van der Waals surface area contributed by atoms with Crippen LogP contribution in [0.4, 0.5) is 0 Å². The summed E-state index contributed by atoms with van der Waals surface area (Å²) in [5, 5.41) is 2.70. The van der Waals surface area contributed by atoms with E-state index in [4.69, 9.17) is 9.47 Å². The third-order valence-electron chi connectivity index (χ3n) is 4.23. The van der Waals surface area contributed by atoms with E-state index in [1.807, 2.05) is 55.5 Å². The molecule has 0 aromatic heterocycles. The standard InChI is InChI=1S/C21H26N2O4/c1-4-23(15-17-8-6-5-7-9-17)21(25)20(24)22-13-12-16-10-11-18(26-2)19(14-16)27-3/h5-11,14H,4,12-13,15H2,1-3H3,(H,22,24). The summed E-state index contributed by atoms with van der Waals surface area (Å²) in [6.45, 7) is 3.11. The summed E-state index contributed by atoms with van der Waals surface area (Å²) in [5.41, 5.74) is 1.97. The topological polar surface area (TPSA) is 67.9 Å². The van der Waals surface area contributed by atoms with Crippen LogP contribution >= 0.6 is 0 Å². The lowest BCUT2D eigenvalue weighted by Gasteiger charge is -2.20. The van der Waals surface area contributed by atoms with Crippen molar-refractivity contribution in [2.24, 2.45) is 0 Å². The van der Waals surface area contributed by atoms with Crippen molar-refractivity contribution in [1.29, 1.82) is 0 Å². The number of amides is 2. The highest BCUT2D eigenvalue weighted by atomic mass is 16.5. The highest BCUT2D eigenvalue weighted by molar-refractivity contribution is 6.34. The molecule has 0 bridgehead atoms. The van der Waals surface area contributed by atoms with Gasteiger partial charge in [-0.15, -0.1) is 0 Å². The van der Waals surface area contributed by atoms with Crippen LogP contribution in [0.15, 0.2) is 48.5 Å². The Kier molecular flexibility index (Phi) is 7.67. The molecule has 0 unspecified atom stereocenters. The summed E-state index contributed by atoms with van der Waals surface area (Å²) in [6.07, 6.45) is 0.587. The van der Waals surface area contributed by atoms with Crippen molar-refractivity contribution in [3.63, 3.8) is 0 Å². The van der Waals surface area contributed by atoms with Gasteiger partial charge in [-0.2, -0.15) is 0 Å². The maximum absolute atomic E-state index is 12.4. The van der Waals surface area contributed by atoms with Gasteiger partial charge in [0.15, 0.2) is 11.5 Å². The summed E-state index contributed by atoms with van der Waals surface area (Å²) >= 11 is 0. The first-order chi connectivity index (χ1) is 13.1. The minimum Gasteiger partial charge on any atom is -0.493 e. The number of methoxy groups -OCH3 is 2. The molecule has 6 heteroatoms. The largest absolute Gasteiger partial charge is 0.493 e. The molecule has 1 N–H and O–H groups in total. The Morgan fingerprint density at radius 2 is 1.67 bits per heavy atom. The van der Waals surface area contributed by atoms with E-state index in [0.29, 0.717) is 37.6 Å². The monoisotopic (exact) mass is 370 g/mol. The Balaban J connectivity index is 1.87. The first-order valence-corrected chi connectivity index (χ1v) is 8.91. The molecule has 27 heavy (non-hydrogen) atoms. The SMILES string of the molecule is CCN(Cc1ccccc1)C(=O)C(=O)NCCc1ccc(OC)c(OC)c1. The smallest absolute Gasteiger partial charge is 0.312 e. The number of hydrogen-bond acceptors (Lipinski definition) is 4. The van der Waals surface area contributed by atoms with Crippen LogP contribution in [0.25, 0.3) is 0 Å². The molecular formula is C21H26N2O4. The van der Waals surface area contributed by atoms with Crippen molar-refractivity contribution >= 4 is 11.8 Å². The lowest BCUT2D eigenvalue weighted by Crippen LogP contribution is -2.43. The van der Waals surface area contributed by atoms with Gasteiger partial charge in [0, 0.05) is 19.6 Å². The normalized spacial score (nSPS) is 10.2. The Morgan fingerprint density at radius 3 is 2.30 bits per heavy atom. The zero-order valence-corrected chi connectivity index (χ0v) is 16.0. The molecule has 0 saturated carbocycles. The van der Waals surface area contributed by atoms with Crippen LogP contribution in [0.3, 0.4) is 0 Å². The molecule has 0 radical (unpaired) electrons. The van der Waals surface area contributed by atoms with Crippen molar-refractivity contribution in [3.8, 4) is 11.5 Å². The van der Waals surface area contributed by atoms with E-state index < -0.39 is 11.8 Å². The zero-order chi connectivity index (χ0) is 19.6. The number of hydrogen-bond donors (Lipinski definition) is 1. The minimum absolute atomic E-state index is 0.364. The van der Waals surface area contributed by atoms with Gasteiger partial charge in [-0.05, 0) is 36.6 Å². The maximum atomic E-state index is 12.4. The van der Waals surface area contributed by atoms with E-state index in [9.17, 15) is 9.59 Å². The fourth-order valence-electron chi connectivity index (χ4n) is 2.71. The molecule has 2 amide bonds. The first kappa shape index (κ1) is 20.3. The molecule has 2 aromatic carbocycles. The highest BCUT2D eigenvalue weighted by Gasteiger charge is 2.20. The van der Waals surface area contributed by atoms with Gasteiger partial charge >= 0.3 is 11.8 Å². The van der Waals surface area contributed by atoms with Gasteiger partial charge < -0.3 is 19.7 Å². The molecule has 0 heterocycles. The molecule has 0 saturated heterocycles.